The van der Waals surface area contributed by atoms with E-state index >= 15 is 0 Å². The van der Waals surface area contributed by atoms with E-state index in [0.717, 1.165) is 11.3 Å². The van der Waals surface area contributed by atoms with Crippen molar-refractivity contribution < 1.29 is 14.4 Å². The molecule has 0 unspecified atom stereocenters. The number of rotatable bonds is 3. The fourth-order valence-electron chi connectivity index (χ4n) is 4.32. The van der Waals surface area contributed by atoms with Crippen molar-refractivity contribution in [3.05, 3.63) is 94.0 Å². The molecule has 31 heavy (non-hydrogen) atoms. The minimum absolute atomic E-state index is 0.316. The van der Waals surface area contributed by atoms with Gasteiger partial charge in [-0.2, -0.15) is 0 Å². The molecule has 7 heteroatoms. The van der Waals surface area contributed by atoms with Gasteiger partial charge >= 0.3 is 0 Å². The zero-order chi connectivity index (χ0) is 21.7. The predicted molar refractivity (Wildman–Crippen MR) is 120 cm³/mol. The number of hydrogen-bond acceptors (Lipinski definition) is 4. The van der Waals surface area contributed by atoms with Gasteiger partial charge in [0, 0.05) is 10.0 Å². The Balaban J connectivity index is 1.61. The van der Waals surface area contributed by atoms with E-state index in [1.165, 1.54) is 4.90 Å². The maximum Gasteiger partial charge on any atom is 0.266 e. The summed E-state index contributed by atoms with van der Waals surface area (Å²) < 4.78 is 0. The lowest BCUT2D eigenvalue weighted by atomic mass is 9.90. The van der Waals surface area contributed by atoms with E-state index in [4.69, 9.17) is 28.0 Å². The summed E-state index contributed by atoms with van der Waals surface area (Å²) in [6.07, 6.45) is -0.935. The molecule has 156 valence electrons. The van der Waals surface area contributed by atoms with Gasteiger partial charge in [-0.1, -0.05) is 59.6 Å². The highest BCUT2D eigenvalue weighted by molar-refractivity contribution is 6.32. The molecule has 5 rings (SSSR count). The molecule has 3 aromatic carbocycles. The zero-order valence-electron chi connectivity index (χ0n) is 16.5. The Labute approximate surface area is 189 Å². The molecule has 2 heterocycles. The SMILES string of the molecule is Cc1c(Cl)cccc1N1C(=O)[C@H]2[C@H](ON(c3ccccc3)[C@H]2c2cccc(Cl)c2)C1=O. The van der Waals surface area contributed by atoms with Crippen molar-refractivity contribution in [3.63, 3.8) is 0 Å². The fourth-order valence-corrected chi connectivity index (χ4v) is 4.69. The Kier molecular flexibility index (Phi) is 4.97. The summed E-state index contributed by atoms with van der Waals surface area (Å²) in [5, 5.41) is 2.69. The Morgan fingerprint density at radius 3 is 2.35 bits per heavy atom. The highest BCUT2D eigenvalue weighted by Crippen LogP contribution is 2.48. The van der Waals surface area contributed by atoms with Crippen molar-refractivity contribution in [2.75, 3.05) is 9.96 Å². The monoisotopic (exact) mass is 452 g/mol. The average molecular weight is 453 g/mol. The summed E-state index contributed by atoms with van der Waals surface area (Å²) in [5.41, 5.74) is 2.71. The molecule has 5 nitrogen and oxygen atoms in total. The molecule has 2 amide bonds. The lowest BCUT2D eigenvalue weighted by Crippen LogP contribution is -2.37. The lowest BCUT2D eigenvalue weighted by Gasteiger charge is -2.29. The third-order valence-electron chi connectivity index (χ3n) is 5.80. The van der Waals surface area contributed by atoms with Crippen molar-refractivity contribution in [1.82, 2.24) is 0 Å². The van der Waals surface area contributed by atoms with Crippen LogP contribution >= 0.6 is 23.2 Å². The molecular formula is C24H18Cl2N2O3. The van der Waals surface area contributed by atoms with Crippen molar-refractivity contribution in [2.24, 2.45) is 5.92 Å². The van der Waals surface area contributed by atoms with Crippen LogP contribution in [0.1, 0.15) is 17.2 Å². The number of anilines is 2. The minimum atomic E-state index is -0.935. The first-order chi connectivity index (χ1) is 15.0. The van der Waals surface area contributed by atoms with Gasteiger partial charge in [-0.15, -0.1) is 0 Å². The molecule has 3 aromatic rings. The van der Waals surface area contributed by atoms with Gasteiger partial charge in [0.15, 0.2) is 6.10 Å². The van der Waals surface area contributed by atoms with Crippen LogP contribution in [0.4, 0.5) is 11.4 Å². The Hall–Kier alpha value is -2.86. The quantitative estimate of drug-likeness (QED) is 0.502. The smallest absolute Gasteiger partial charge is 0.266 e. The van der Waals surface area contributed by atoms with Gasteiger partial charge in [-0.25, -0.2) is 9.96 Å². The highest BCUT2D eigenvalue weighted by atomic mass is 35.5. The van der Waals surface area contributed by atoms with Crippen LogP contribution in [0.2, 0.25) is 10.0 Å². The molecule has 2 fully saturated rings. The van der Waals surface area contributed by atoms with E-state index in [-0.39, 0.29) is 5.91 Å². The van der Waals surface area contributed by atoms with Crippen LogP contribution in [-0.4, -0.2) is 17.9 Å². The summed E-state index contributed by atoms with van der Waals surface area (Å²) in [6, 6.07) is 21.4. The number of benzene rings is 3. The first-order valence-electron chi connectivity index (χ1n) is 9.87. The topological polar surface area (TPSA) is 49.9 Å². The number of nitrogens with zero attached hydrogens (tertiary/aromatic N) is 2. The maximum atomic E-state index is 13.6. The van der Waals surface area contributed by atoms with Crippen LogP contribution in [0, 0.1) is 12.8 Å². The van der Waals surface area contributed by atoms with Crippen molar-refractivity contribution in [1.29, 1.82) is 0 Å². The zero-order valence-corrected chi connectivity index (χ0v) is 18.0. The number of carbonyl (C=O) groups is 2. The molecular weight excluding hydrogens is 435 g/mol. The maximum absolute atomic E-state index is 13.6. The Bertz CT molecular complexity index is 1180. The average Bonchev–Trinajstić information content (AvgIpc) is 3.27. The number of hydrogen-bond donors (Lipinski definition) is 0. The summed E-state index contributed by atoms with van der Waals surface area (Å²) in [5.74, 6) is -1.43. The van der Waals surface area contributed by atoms with Gasteiger partial charge in [-0.05, 0) is 54.4 Å². The van der Waals surface area contributed by atoms with Crippen molar-refractivity contribution in [3.8, 4) is 0 Å². The van der Waals surface area contributed by atoms with E-state index in [1.807, 2.05) is 42.5 Å². The number of halogens is 2. The number of hydroxylamine groups is 1. The number of carbonyl (C=O) groups excluding carboxylic acids is 2. The second kappa shape index (κ2) is 7.68. The molecule has 3 atom stereocenters. The summed E-state index contributed by atoms with van der Waals surface area (Å²) in [7, 11) is 0. The number of para-hydroxylation sites is 1. The van der Waals surface area contributed by atoms with Gasteiger partial charge in [-0.3, -0.25) is 14.4 Å². The first kappa shape index (κ1) is 20.1. The van der Waals surface area contributed by atoms with Crippen LogP contribution in [0.5, 0.6) is 0 Å². The molecule has 0 aromatic heterocycles. The van der Waals surface area contributed by atoms with Gasteiger partial charge in [0.25, 0.3) is 5.91 Å². The molecule has 0 spiro atoms. The van der Waals surface area contributed by atoms with Crippen LogP contribution < -0.4 is 9.96 Å². The van der Waals surface area contributed by atoms with Gasteiger partial charge in [0.2, 0.25) is 5.91 Å². The largest absolute Gasteiger partial charge is 0.273 e. The second-order valence-corrected chi connectivity index (χ2v) is 8.45. The molecule has 0 radical (unpaired) electrons. The molecule has 2 aliphatic heterocycles. The predicted octanol–water partition coefficient (Wildman–Crippen LogP) is 5.35. The molecule has 0 aliphatic carbocycles. The van der Waals surface area contributed by atoms with E-state index in [1.54, 1.807) is 42.3 Å². The van der Waals surface area contributed by atoms with Gasteiger partial charge in [0.05, 0.1) is 17.4 Å². The molecule has 2 aliphatic rings. The van der Waals surface area contributed by atoms with Crippen molar-refractivity contribution >= 4 is 46.4 Å². The van der Waals surface area contributed by atoms with Crippen LogP contribution in [0.15, 0.2) is 72.8 Å². The molecule has 0 bridgehead atoms. The second-order valence-electron chi connectivity index (χ2n) is 7.61. The highest BCUT2D eigenvalue weighted by Gasteiger charge is 2.60. The first-order valence-corrected chi connectivity index (χ1v) is 10.6. The fraction of sp³-hybridized carbons (Fsp3) is 0.167. The van der Waals surface area contributed by atoms with E-state index in [2.05, 4.69) is 0 Å². The van der Waals surface area contributed by atoms with Crippen LogP contribution in [0.3, 0.4) is 0 Å². The molecule has 0 N–H and O–H groups in total. The van der Waals surface area contributed by atoms with E-state index in [0.29, 0.717) is 21.3 Å². The molecule has 0 saturated carbocycles. The van der Waals surface area contributed by atoms with Crippen LogP contribution in [-0.2, 0) is 14.4 Å². The lowest BCUT2D eigenvalue weighted by molar-refractivity contribution is -0.126. The Morgan fingerprint density at radius 2 is 1.61 bits per heavy atom. The summed E-state index contributed by atoms with van der Waals surface area (Å²) in [4.78, 5) is 34.3. The third kappa shape index (κ3) is 3.21. The standard InChI is InChI=1S/C24H18Cl2N2O3/c1-14-18(26)11-6-12-19(14)27-23(29)20-21(15-7-5-8-16(25)13-15)28(31-22(20)24(27)30)17-9-3-2-4-10-17/h2-13,20-22H,1H3/t20-,21+,22+/m1/s1. The normalized spacial score (nSPS) is 22.9. The van der Waals surface area contributed by atoms with E-state index in [9.17, 15) is 9.59 Å². The number of fused-ring (bicyclic) bond motifs is 1. The van der Waals surface area contributed by atoms with Gasteiger partial charge in [0.1, 0.15) is 5.92 Å². The third-order valence-corrected chi connectivity index (χ3v) is 6.44. The van der Waals surface area contributed by atoms with Gasteiger partial charge < -0.3 is 0 Å². The minimum Gasteiger partial charge on any atom is -0.273 e. The van der Waals surface area contributed by atoms with Crippen LogP contribution in [0.25, 0.3) is 0 Å². The summed E-state index contributed by atoms with van der Waals surface area (Å²) >= 11 is 12.5. The van der Waals surface area contributed by atoms with Crippen molar-refractivity contribution in [2.45, 2.75) is 19.1 Å². The molecule has 2 saturated heterocycles. The Morgan fingerprint density at radius 1 is 0.871 bits per heavy atom. The number of imide groups is 1. The summed E-state index contributed by atoms with van der Waals surface area (Å²) in [6.45, 7) is 1.79. The van der Waals surface area contributed by atoms with E-state index < -0.39 is 24.0 Å². The number of amides is 2.